The Morgan fingerprint density at radius 1 is 1.31 bits per heavy atom. The molecule has 0 aromatic carbocycles. The maximum absolute atomic E-state index is 3.67. The van der Waals surface area contributed by atoms with Crippen molar-refractivity contribution in [3.05, 3.63) is 36.0 Å². The third-order valence-electron chi connectivity index (χ3n) is 1.91. The molecule has 0 heterocycles. The van der Waals surface area contributed by atoms with Gasteiger partial charge in [-0.25, -0.2) is 0 Å². The summed E-state index contributed by atoms with van der Waals surface area (Å²) in [5.74, 6) is 0. The molecule has 0 aliphatic carbocycles. The van der Waals surface area contributed by atoms with Crippen LogP contribution in [0.25, 0.3) is 0 Å². The van der Waals surface area contributed by atoms with Crippen LogP contribution >= 0.6 is 15.9 Å². The predicted molar refractivity (Wildman–Crippen MR) is 65.4 cm³/mol. The third-order valence-corrected chi connectivity index (χ3v) is 2.47. The minimum absolute atomic E-state index is 1.11. The predicted octanol–water partition coefficient (Wildman–Crippen LogP) is 4.63. The second-order valence-electron chi connectivity index (χ2n) is 3.27. The Morgan fingerprint density at radius 3 is 2.46 bits per heavy atom. The highest BCUT2D eigenvalue weighted by atomic mass is 79.9. The van der Waals surface area contributed by atoms with Crippen molar-refractivity contribution < 1.29 is 0 Å². The number of hydrogen-bond acceptors (Lipinski definition) is 0. The van der Waals surface area contributed by atoms with Gasteiger partial charge in [0.25, 0.3) is 0 Å². The van der Waals surface area contributed by atoms with Gasteiger partial charge in [0.2, 0.25) is 0 Å². The Hall–Kier alpha value is -0.300. The van der Waals surface area contributed by atoms with Gasteiger partial charge >= 0.3 is 0 Å². The Kier molecular flexibility index (Phi) is 8.11. The number of allylic oxidation sites excluding steroid dienone is 5. The Balaban J connectivity index is 4.05. The number of rotatable bonds is 6. The van der Waals surface area contributed by atoms with Gasteiger partial charge in [-0.05, 0) is 38.7 Å². The van der Waals surface area contributed by atoms with E-state index in [0.717, 1.165) is 5.33 Å². The van der Waals surface area contributed by atoms with Crippen LogP contribution < -0.4 is 0 Å². The van der Waals surface area contributed by atoms with E-state index in [0.29, 0.717) is 0 Å². The maximum atomic E-state index is 3.67. The van der Waals surface area contributed by atoms with Crippen molar-refractivity contribution in [2.45, 2.75) is 33.1 Å². The summed E-state index contributed by atoms with van der Waals surface area (Å²) in [7, 11) is 0. The fraction of sp³-hybridized carbons (Fsp3) is 0.500. The lowest BCUT2D eigenvalue weighted by Crippen LogP contribution is -1.84. The molecule has 0 saturated carbocycles. The van der Waals surface area contributed by atoms with E-state index in [4.69, 9.17) is 0 Å². The fourth-order valence-electron chi connectivity index (χ4n) is 1.09. The van der Waals surface area contributed by atoms with Crippen molar-refractivity contribution in [2.24, 2.45) is 0 Å². The van der Waals surface area contributed by atoms with Gasteiger partial charge in [0.15, 0.2) is 0 Å². The second kappa shape index (κ2) is 8.31. The lowest BCUT2D eigenvalue weighted by atomic mass is 10.0. The Bertz CT molecular complexity index is 195. The molecule has 0 atom stereocenters. The van der Waals surface area contributed by atoms with E-state index < -0.39 is 0 Å². The lowest BCUT2D eigenvalue weighted by molar-refractivity contribution is 0.803. The average Bonchev–Trinajstić information content (AvgIpc) is 2.10. The molecule has 0 aromatic heterocycles. The van der Waals surface area contributed by atoms with Crippen molar-refractivity contribution >= 4 is 15.9 Å². The zero-order valence-corrected chi connectivity index (χ0v) is 10.2. The SMILES string of the molecule is C=C/C=C\C(CCCCBr)=C(C)C. The molecule has 13 heavy (non-hydrogen) atoms. The molecule has 0 aliphatic heterocycles. The largest absolute Gasteiger partial charge is 0.0991 e. The van der Waals surface area contributed by atoms with Crippen LogP contribution in [0.4, 0.5) is 0 Å². The molecule has 0 spiro atoms. The van der Waals surface area contributed by atoms with Gasteiger partial charge in [-0.3, -0.25) is 0 Å². The van der Waals surface area contributed by atoms with Crippen LogP contribution in [0.3, 0.4) is 0 Å². The van der Waals surface area contributed by atoms with Crippen LogP contribution in [0.15, 0.2) is 36.0 Å². The highest BCUT2D eigenvalue weighted by molar-refractivity contribution is 9.09. The van der Waals surface area contributed by atoms with Gasteiger partial charge in [0, 0.05) is 5.33 Å². The van der Waals surface area contributed by atoms with Crippen molar-refractivity contribution in [2.75, 3.05) is 5.33 Å². The molecule has 0 saturated heterocycles. The smallest absolute Gasteiger partial charge is 0.00314 e. The number of halogens is 1. The molecule has 0 aliphatic rings. The van der Waals surface area contributed by atoms with Gasteiger partial charge in [-0.15, -0.1) is 0 Å². The zero-order valence-electron chi connectivity index (χ0n) is 8.65. The normalized spacial score (nSPS) is 10.4. The van der Waals surface area contributed by atoms with Crippen LogP contribution in [0, 0.1) is 0 Å². The van der Waals surface area contributed by atoms with E-state index >= 15 is 0 Å². The van der Waals surface area contributed by atoms with E-state index in [1.165, 1.54) is 30.4 Å². The molecule has 0 rings (SSSR count). The molecule has 0 N–H and O–H groups in total. The van der Waals surface area contributed by atoms with Gasteiger partial charge in [0.1, 0.15) is 0 Å². The first-order valence-electron chi connectivity index (χ1n) is 4.73. The molecule has 0 fully saturated rings. The van der Waals surface area contributed by atoms with Gasteiger partial charge in [-0.1, -0.05) is 46.3 Å². The summed E-state index contributed by atoms with van der Waals surface area (Å²) in [6.07, 6.45) is 9.69. The lowest BCUT2D eigenvalue weighted by Gasteiger charge is -2.03. The summed E-state index contributed by atoms with van der Waals surface area (Å²) in [6.45, 7) is 8.00. The molecule has 0 aromatic rings. The first kappa shape index (κ1) is 12.7. The van der Waals surface area contributed by atoms with Crippen LogP contribution in [-0.2, 0) is 0 Å². The van der Waals surface area contributed by atoms with E-state index in [9.17, 15) is 0 Å². The highest BCUT2D eigenvalue weighted by Gasteiger charge is 1.94. The minimum atomic E-state index is 1.11. The molecule has 1 heteroatoms. The van der Waals surface area contributed by atoms with Crippen LogP contribution in [0.2, 0.25) is 0 Å². The molecule has 0 amide bonds. The minimum Gasteiger partial charge on any atom is -0.0991 e. The molecule has 0 unspecified atom stereocenters. The molecule has 0 bridgehead atoms. The van der Waals surface area contributed by atoms with Gasteiger partial charge < -0.3 is 0 Å². The van der Waals surface area contributed by atoms with E-state index in [2.05, 4.69) is 42.4 Å². The highest BCUT2D eigenvalue weighted by Crippen LogP contribution is 2.14. The van der Waals surface area contributed by atoms with Crippen LogP contribution in [-0.4, -0.2) is 5.33 Å². The fourth-order valence-corrected chi connectivity index (χ4v) is 1.49. The van der Waals surface area contributed by atoms with Crippen molar-refractivity contribution in [3.8, 4) is 0 Å². The van der Waals surface area contributed by atoms with Crippen molar-refractivity contribution in [1.29, 1.82) is 0 Å². The summed E-state index contributed by atoms with van der Waals surface area (Å²) in [6, 6.07) is 0. The summed E-state index contributed by atoms with van der Waals surface area (Å²) in [5.41, 5.74) is 2.86. The Morgan fingerprint density at radius 2 is 2.00 bits per heavy atom. The van der Waals surface area contributed by atoms with Gasteiger partial charge in [0.05, 0.1) is 0 Å². The summed E-state index contributed by atoms with van der Waals surface area (Å²) in [5, 5.41) is 1.11. The number of alkyl halides is 1. The molecule has 0 nitrogen and oxygen atoms in total. The molecule has 0 radical (unpaired) electrons. The zero-order chi connectivity index (χ0) is 10.1. The summed E-state index contributed by atoms with van der Waals surface area (Å²) >= 11 is 3.44. The summed E-state index contributed by atoms with van der Waals surface area (Å²) in [4.78, 5) is 0. The average molecular weight is 243 g/mol. The topological polar surface area (TPSA) is 0 Å². The van der Waals surface area contributed by atoms with Gasteiger partial charge in [-0.2, -0.15) is 0 Å². The van der Waals surface area contributed by atoms with Crippen molar-refractivity contribution in [3.63, 3.8) is 0 Å². The van der Waals surface area contributed by atoms with E-state index in [-0.39, 0.29) is 0 Å². The van der Waals surface area contributed by atoms with E-state index in [1.54, 1.807) is 0 Å². The first-order valence-corrected chi connectivity index (χ1v) is 5.86. The summed E-state index contributed by atoms with van der Waals surface area (Å²) < 4.78 is 0. The monoisotopic (exact) mass is 242 g/mol. The van der Waals surface area contributed by atoms with Crippen molar-refractivity contribution in [1.82, 2.24) is 0 Å². The molecular formula is C12H19Br. The first-order chi connectivity index (χ1) is 6.22. The number of unbranched alkanes of at least 4 members (excludes halogenated alkanes) is 1. The van der Waals surface area contributed by atoms with Crippen LogP contribution in [0.1, 0.15) is 33.1 Å². The number of hydrogen-bond donors (Lipinski definition) is 0. The standard InChI is InChI=1S/C12H19Br/c1-4-5-8-12(11(2)3)9-6-7-10-13/h4-5,8H,1,6-7,9-10H2,2-3H3/b8-5-. The molecular weight excluding hydrogens is 224 g/mol. The Labute approximate surface area is 90.6 Å². The van der Waals surface area contributed by atoms with Crippen LogP contribution in [0.5, 0.6) is 0 Å². The molecule has 74 valence electrons. The van der Waals surface area contributed by atoms with E-state index in [1.807, 2.05) is 12.2 Å². The quantitative estimate of drug-likeness (QED) is 0.362. The third kappa shape index (κ3) is 6.83. The maximum Gasteiger partial charge on any atom is 0.00314 e. The second-order valence-corrected chi connectivity index (χ2v) is 4.06.